The van der Waals surface area contributed by atoms with Gasteiger partial charge in [-0.2, -0.15) is 11.8 Å². The Morgan fingerprint density at radius 2 is 2.18 bits per heavy atom. The normalized spacial score (nSPS) is 27.8. The summed E-state index contributed by atoms with van der Waals surface area (Å²) in [5.74, 6) is 1.30. The van der Waals surface area contributed by atoms with Crippen molar-refractivity contribution in [3.8, 4) is 0 Å². The van der Waals surface area contributed by atoms with Crippen molar-refractivity contribution < 1.29 is 4.79 Å². The van der Waals surface area contributed by atoms with Gasteiger partial charge in [0.1, 0.15) is 0 Å². The molecule has 1 fully saturated rings. The van der Waals surface area contributed by atoms with Gasteiger partial charge in [-0.3, -0.25) is 4.79 Å². The maximum Gasteiger partial charge on any atom is 0.227 e. The molecule has 0 saturated heterocycles. The van der Waals surface area contributed by atoms with Crippen molar-refractivity contribution in [3.05, 3.63) is 0 Å². The molecule has 0 bridgehead atoms. The highest BCUT2D eigenvalue weighted by Gasteiger charge is 2.33. The van der Waals surface area contributed by atoms with Crippen LogP contribution in [0.5, 0.6) is 0 Å². The third kappa shape index (κ3) is 3.88. The monoisotopic (exact) mass is 258 g/mol. The van der Waals surface area contributed by atoms with E-state index in [2.05, 4.69) is 12.2 Å². The van der Waals surface area contributed by atoms with E-state index >= 15 is 0 Å². The van der Waals surface area contributed by atoms with Crippen LogP contribution < -0.4 is 11.1 Å². The average Bonchev–Trinajstić information content (AvgIpc) is 2.76. The second-order valence-corrected chi connectivity index (χ2v) is 6.76. The quantitative estimate of drug-likeness (QED) is 0.767. The number of carbonyl (C=O) groups is 1. The van der Waals surface area contributed by atoms with Crippen LogP contribution in [-0.4, -0.2) is 29.5 Å². The van der Waals surface area contributed by atoms with Gasteiger partial charge in [-0.15, -0.1) is 0 Å². The highest BCUT2D eigenvalue weighted by atomic mass is 32.2. The molecule has 0 aromatic rings. The fraction of sp³-hybridized carbons (Fsp3) is 0.923. The molecule has 0 radical (unpaired) electrons. The Labute approximate surface area is 109 Å². The number of carbonyl (C=O) groups excluding carboxylic acids is 1. The number of nitrogens with two attached hydrogens (primary N) is 1. The molecular formula is C13H26N2OS. The second kappa shape index (κ2) is 6.64. The smallest absolute Gasteiger partial charge is 0.227 e. The predicted octanol–water partition coefficient (Wildman–Crippen LogP) is 2.15. The van der Waals surface area contributed by atoms with Crippen LogP contribution in [0.1, 0.15) is 46.5 Å². The van der Waals surface area contributed by atoms with Crippen molar-refractivity contribution in [1.82, 2.24) is 5.32 Å². The molecule has 0 heterocycles. The Balaban J connectivity index is 2.42. The summed E-state index contributed by atoms with van der Waals surface area (Å²) in [5.41, 5.74) is 5.31. The first-order valence-corrected chi connectivity index (χ1v) is 7.73. The fourth-order valence-electron chi connectivity index (χ4n) is 2.22. The van der Waals surface area contributed by atoms with Gasteiger partial charge in [0.25, 0.3) is 0 Å². The largest absolute Gasteiger partial charge is 0.353 e. The molecule has 4 heteroatoms. The molecule has 1 amide bonds. The number of hydrogen-bond acceptors (Lipinski definition) is 3. The summed E-state index contributed by atoms with van der Waals surface area (Å²) in [7, 11) is 0. The van der Waals surface area contributed by atoms with E-state index in [1.54, 1.807) is 0 Å². The van der Waals surface area contributed by atoms with Gasteiger partial charge < -0.3 is 11.1 Å². The zero-order valence-corrected chi connectivity index (χ0v) is 12.1. The summed E-state index contributed by atoms with van der Waals surface area (Å²) in [5, 5.41) is 3.91. The highest BCUT2D eigenvalue weighted by molar-refractivity contribution is 7.99. The molecule has 1 rings (SSSR count). The van der Waals surface area contributed by atoms with Gasteiger partial charge in [-0.25, -0.2) is 0 Å². The van der Waals surface area contributed by atoms with Crippen LogP contribution in [-0.2, 0) is 4.79 Å². The Hall–Kier alpha value is -0.220. The molecule has 0 aromatic carbocycles. The van der Waals surface area contributed by atoms with Crippen LogP contribution in [0.2, 0.25) is 0 Å². The van der Waals surface area contributed by atoms with Gasteiger partial charge in [0.05, 0.1) is 5.41 Å². The van der Waals surface area contributed by atoms with Crippen LogP contribution in [0.15, 0.2) is 0 Å². The average molecular weight is 258 g/mol. The molecule has 100 valence electrons. The Kier molecular flexibility index (Phi) is 5.80. The van der Waals surface area contributed by atoms with Gasteiger partial charge in [0.15, 0.2) is 0 Å². The molecule has 0 aliphatic heterocycles. The molecular weight excluding hydrogens is 232 g/mol. The van der Waals surface area contributed by atoms with E-state index in [9.17, 15) is 4.79 Å². The standard InChI is InChI=1S/C13H26N2OS/c1-4-13(3,9-14)12(16)15-10-6-7-11(8-10)17-5-2/h10-11H,4-9,14H2,1-3H3,(H,15,16). The lowest BCUT2D eigenvalue weighted by Crippen LogP contribution is -2.46. The minimum absolute atomic E-state index is 0.134. The molecule has 1 aliphatic carbocycles. The number of hydrogen-bond donors (Lipinski definition) is 2. The zero-order chi connectivity index (χ0) is 12.9. The van der Waals surface area contributed by atoms with Gasteiger partial charge >= 0.3 is 0 Å². The molecule has 3 N–H and O–H groups in total. The van der Waals surface area contributed by atoms with Crippen molar-refractivity contribution in [2.24, 2.45) is 11.1 Å². The van der Waals surface area contributed by atoms with E-state index in [-0.39, 0.29) is 5.91 Å². The first-order valence-electron chi connectivity index (χ1n) is 6.68. The summed E-state index contributed by atoms with van der Waals surface area (Å²) in [6, 6.07) is 0.365. The summed E-state index contributed by atoms with van der Waals surface area (Å²) in [4.78, 5) is 12.1. The van der Waals surface area contributed by atoms with Crippen LogP contribution in [0.4, 0.5) is 0 Å². The van der Waals surface area contributed by atoms with Gasteiger partial charge in [-0.05, 0) is 38.4 Å². The first kappa shape index (κ1) is 14.8. The van der Waals surface area contributed by atoms with Gasteiger partial charge in [-0.1, -0.05) is 13.8 Å². The fourth-order valence-corrected chi connectivity index (χ4v) is 3.36. The summed E-state index contributed by atoms with van der Waals surface area (Å²) < 4.78 is 0. The summed E-state index contributed by atoms with van der Waals surface area (Å²) >= 11 is 2.01. The lowest BCUT2D eigenvalue weighted by molar-refractivity contribution is -0.130. The van der Waals surface area contributed by atoms with E-state index < -0.39 is 5.41 Å². The topological polar surface area (TPSA) is 55.1 Å². The minimum Gasteiger partial charge on any atom is -0.353 e. The molecule has 0 aromatic heterocycles. The Morgan fingerprint density at radius 3 is 2.71 bits per heavy atom. The number of amides is 1. The molecule has 3 atom stereocenters. The van der Waals surface area contributed by atoms with Crippen molar-refractivity contribution in [3.63, 3.8) is 0 Å². The molecule has 17 heavy (non-hydrogen) atoms. The maximum absolute atomic E-state index is 12.1. The molecule has 0 spiro atoms. The minimum atomic E-state index is -0.393. The maximum atomic E-state index is 12.1. The third-order valence-electron chi connectivity index (χ3n) is 3.90. The van der Waals surface area contributed by atoms with Crippen molar-refractivity contribution in [2.75, 3.05) is 12.3 Å². The molecule has 3 nitrogen and oxygen atoms in total. The van der Waals surface area contributed by atoms with E-state index in [4.69, 9.17) is 5.73 Å². The number of nitrogens with one attached hydrogen (secondary N) is 1. The van der Waals surface area contributed by atoms with E-state index in [0.717, 1.165) is 24.5 Å². The van der Waals surface area contributed by atoms with Crippen LogP contribution in [0.3, 0.4) is 0 Å². The highest BCUT2D eigenvalue weighted by Crippen LogP contribution is 2.30. The second-order valence-electron chi connectivity index (χ2n) is 5.18. The molecule has 1 saturated carbocycles. The number of thioether (sulfide) groups is 1. The van der Waals surface area contributed by atoms with E-state index in [1.807, 2.05) is 25.6 Å². The van der Waals surface area contributed by atoms with E-state index in [1.165, 1.54) is 12.2 Å². The first-order chi connectivity index (χ1) is 8.05. The Morgan fingerprint density at radius 1 is 1.47 bits per heavy atom. The molecule has 3 unspecified atom stereocenters. The lowest BCUT2D eigenvalue weighted by atomic mass is 9.86. The number of rotatable bonds is 6. The van der Waals surface area contributed by atoms with Crippen LogP contribution in [0.25, 0.3) is 0 Å². The lowest BCUT2D eigenvalue weighted by Gasteiger charge is -2.27. The third-order valence-corrected chi connectivity index (χ3v) is 5.13. The van der Waals surface area contributed by atoms with Crippen molar-refractivity contribution in [1.29, 1.82) is 0 Å². The van der Waals surface area contributed by atoms with Gasteiger partial charge in [0.2, 0.25) is 5.91 Å². The van der Waals surface area contributed by atoms with Crippen molar-refractivity contribution >= 4 is 17.7 Å². The molecule has 1 aliphatic rings. The van der Waals surface area contributed by atoms with E-state index in [0.29, 0.717) is 12.6 Å². The van der Waals surface area contributed by atoms with Crippen molar-refractivity contribution in [2.45, 2.75) is 57.7 Å². The summed E-state index contributed by atoms with van der Waals surface area (Å²) in [6.45, 7) is 6.60. The van der Waals surface area contributed by atoms with Crippen LogP contribution in [0, 0.1) is 5.41 Å². The Bertz CT molecular complexity index is 254. The SMILES string of the molecule is CCSC1CCC(NC(=O)C(C)(CC)CN)C1. The zero-order valence-electron chi connectivity index (χ0n) is 11.3. The summed E-state index contributed by atoms with van der Waals surface area (Å²) in [6.07, 6.45) is 4.27. The predicted molar refractivity (Wildman–Crippen MR) is 75.2 cm³/mol. The van der Waals surface area contributed by atoms with Crippen LogP contribution >= 0.6 is 11.8 Å². The van der Waals surface area contributed by atoms with Gasteiger partial charge in [0, 0.05) is 17.8 Å².